The number of fused-ring (bicyclic) bond motifs is 1. The number of hydrogen-bond acceptors (Lipinski definition) is 6. The van der Waals surface area contributed by atoms with Gasteiger partial charge in [0.25, 0.3) is 5.69 Å². The first-order valence-corrected chi connectivity index (χ1v) is 4.59. The van der Waals surface area contributed by atoms with Crippen LogP contribution in [0.1, 0.15) is 5.56 Å². The lowest BCUT2D eigenvalue weighted by molar-refractivity contribution is -0.385. The molecule has 2 rings (SSSR count). The fourth-order valence-corrected chi connectivity index (χ4v) is 1.60. The number of rotatable bonds is 2. The van der Waals surface area contributed by atoms with Gasteiger partial charge in [-0.3, -0.25) is 10.1 Å². The van der Waals surface area contributed by atoms with Gasteiger partial charge in [0.05, 0.1) is 12.0 Å². The maximum Gasteiger partial charge on any atom is 0.328 e. The molecule has 0 amide bonds. The average Bonchev–Trinajstić information content (AvgIpc) is 2.70. The summed E-state index contributed by atoms with van der Waals surface area (Å²) in [5.74, 6) is 0.0988. The molecule has 2 heterocycles. The summed E-state index contributed by atoms with van der Waals surface area (Å²) in [6.45, 7) is 0. The Morgan fingerprint density at radius 3 is 3.12 bits per heavy atom. The van der Waals surface area contributed by atoms with Gasteiger partial charge in [-0.25, -0.2) is 9.78 Å². The first-order chi connectivity index (χ1) is 7.61. The number of ether oxygens (including phenoxy) is 1. The molecule has 0 saturated heterocycles. The lowest BCUT2D eigenvalue weighted by atomic mass is 10.1. The van der Waals surface area contributed by atoms with Gasteiger partial charge < -0.3 is 10.1 Å². The number of nitrogens with zero attached hydrogens (tertiary/aromatic N) is 2. The van der Waals surface area contributed by atoms with Crippen molar-refractivity contribution in [3.05, 3.63) is 27.9 Å². The second kappa shape index (κ2) is 3.76. The Labute approximate surface area is 90.6 Å². The number of hydrogen-bond donors (Lipinski definition) is 1. The topological polar surface area (TPSA) is 94.4 Å². The van der Waals surface area contributed by atoms with Gasteiger partial charge in [0.1, 0.15) is 18.1 Å². The third-order valence-corrected chi connectivity index (χ3v) is 2.38. The molecule has 1 aromatic heterocycles. The van der Waals surface area contributed by atoms with Crippen LogP contribution in [-0.4, -0.2) is 29.0 Å². The molecule has 1 aliphatic rings. The zero-order valence-corrected chi connectivity index (χ0v) is 8.47. The van der Waals surface area contributed by atoms with Gasteiger partial charge in [0.15, 0.2) is 0 Å². The van der Waals surface area contributed by atoms with E-state index in [4.69, 9.17) is 0 Å². The van der Waals surface area contributed by atoms with Crippen LogP contribution in [-0.2, 0) is 16.0 Å². The fourth-order valence-electron chi connectivity index (χ4n) is 1.60. The zero-order valence-electron chi connectivity index (χ0n) is 8.47. The Morgan fingerprint density at radius 1 is 1.75 bits per heavy atom. The van der Waals surface area contributed by atoms with Crippen LogP contribution in [0.2, 0.25) is 0 Å². The van der Waals surface area contributed by atoms with Crippen molar-refractivity contribution in [2.75, 3.05) is 12.4 Å². The number of nitro groups is 1. The minimum Gasteiger partial charge on any atom is -0.467 e. The van der Waals surface area contributed by atoms with Crippen molar-refractivity contribution in [2.45, 2.75) is 12.5 Å². The van der Waals surface area contributed by atoms with Crippen molar-refractivity contribution >= 4 is 17.5 Å². The van der Waals surface area contributed by atoms with Crippen LogP contribution >= 0.6 is 0 Å². The molecule has 1 atom stereocenters. The van der Waals surface area contributed by atoms with Crippen molar-refractivity contribution in [3.8, 4) is 0 Å². The van der Waals surface area contributed by atoms with Crippen LogP contribution in [0.3, 0.4) is 0 Å². The van der Waals surface area contributed by atoms with E-state index in [1.807, 2.05) is 0 Å². The molecule has 0 bridgehead atoms. The van der Waals surface area contributed by atoms with Gasteiger partial charge in [-0.1, -0.05) is 0 Å². The second-order valence-electron chi connectivity index (χ2n) is 3.38. The molecule has 1 aromatic rings. The third-order valence-electron chi connectivity index (χ3n) is 2.38. The van der Waals surface area contributed by atoms with Crippen LogP contribution in [0.25, 0.3) is 0 Å². The smallest absolute Gasteiger partial charge is 0.328 e. The molecule has 0 spiro atoms. The average molecular weight is 223 g/mol. The minimum atomic E-state index is -0.515. The van der Waals surface area contributed by atoms with Crippen molar-refractivity contribution in [1.82, 2.24) is 4.98 Å². The summed E-state index contributed by atoms with van der Waals surface area (Å²) >= 11 is 0. The van der Waals surface area contributed by atoms with Gasteiger partial charge >= 0.3 is 5.97 Å². The lowest BCUT2D eigenvalue weighted by Crippen LogP contribution is -2.28. The lowest BCUT2D eigenvalue weighted by Gasteiger charge is -2.06. The predicted molar refractivity (Wildman–Crippen MR) is 54.0 cm³/mol. The molecule has 16 heavy (non-hydrogen) atoms. The number of anilines is 1. The van der Waals surface area contributed by atoms with E-state index in [-0.39, 0.29) is 5.69 Å². The molecule has 0 fully saturated rings. The van der Waals surface area contributed by atoms with E-state index in [2.05, 4.69) is 15.0 Å². The van der Waals surface area contributed by atoms with E-state index in [1.165, 1.54) is 13.2 Å². The molecule has 7 nitrogen and oxygen atoms in total. The summed E-state index contributed by atoms with van der Waals surface area (Å²) in [6.07, 6.45) is 1.52. The largest absolute Gasteiger partial charge is 0.467 e. The predicted octanol–water partition coefficient (Wildman–Crippen LogP) is 0.499. The molecule has 1 aliphatic heterocycles. The number of pyridine rings is 1. The van der Waals surface area contributed by atoms with Gasteiger partial charge in [0.2, 0.25) is 0 Å². The first kappa shape index (κ1) is 10.3. The van der Waals surface area contributed by atoms with Gasteiger partial charge in [-0.05, 0) is 0 Å². The van der Waals surface area contributed by atoms with E-state index in [9.17, 15) is 14.9 Å². The molecule has 0 saturated carbocycles. The van der Waals surface area contributed by atoms with Crippen molar-refractivity contribution < 1.29 is 14.5 Å². The highest BCUT2D eigenvalue weighted by atomic mass is 16.6. The number of carbonyl (C=O) groups is 1. The number of carbonyl (C=O) groups excluding carboxylic acids is 1. The van der Waals surface area contributed by atoms with E-state index in [0.29, 0.717) is 17.8 Å². The summed E-state index contributed by atoms with van der Waals surface area (Å²) in [6, 6.07) is 0.910. The summed E-state index contributed by atoms with van der Waals surface area (Å²) in [5.41, 5.74) is 0.579. The highest BCUT2D eigenvalue weighted by Crippen LogP contribution is 2.27. The molecule has 1 unspecified atom stereocenters. The molecule has 7 heteroatoms. The molecule has 0 aromatic carbocycles. The summed E-state index contributed by atoms with van der Waals surface area (Å²) in [5, 5.41) is 13.4. The maximum atomic E-state index is 11.3. The fraction of sp³-hybridized carbons (Fsp3) is 0.333. The second-order valence-corrected chi connectivity index (χ2v) is 3.38. The molecule has 1 N–H and O–H groups in total. The summed E-state index contributed by atoms with van der Waals surface area (Å²) in [7, 11) is 1.29. The van der Waals surface area contributed by atoms with E-state index in [1.54, 1.807) is 0 Å². The van der Waals surface area contributed by atoms with Crippen LogP contribution in [0, 0.1) is 10.1 Å². The zero-order chi connectivity index (χ0) is 11.7. The first-order valence-electron chi connectivity index (χ1n) is 4.59. The Morgan fingerprint density at radius 2 is 2.50 bits per heavy atom. The van der Waals surface area contributed by atoms with Crippen LogP contribution in [0.15, 0.2) is 12.3 Å². The number of nitrogens with one attached hydrogen (secondary N) is 1. The normalized spacial score (nSPS) is 17.4. The molecular weight excluding hydrogens is 214 g/mol. The molecule has 84 valence electrons. The van der Waals surface area contributed by atoms with Crippen LogP contribution in [0.5, 0.6) is 0 Å². The highest BCUT2D eigenvalue weighted by Gasteiger charge is 2.29. The Kier molecular flexibility index (Phi) is 2.43. The van der Waals surface area contributed by atoms with Gasteiger partial charge in [0, 0.05) is 18.1 Å². The van der Waals surface area contributed by atoms with E-state index in [0.717, 1.165) is 6.20 Å². The molecule has 0 aliphatic carbocycles. The number of aromatic nitrogens is 1. The van der Waals surface area contributed by atoms with Crippen molar-refractivity contribution in [3.63, 3.8) is 0 Å². The third kappa shape index (κ3) is 1.67. The molecule has 0 radical (unpaired) electrons. The maximum absolute atomic E-state index is 11.3. The molecular formula is C9H9N3O4. The quantitative estimate of drug-likeness (QED) is 0.445. The monoisotopic (exact) mass is 223 g/mol. The summed E-state index contributed by atoms with van der Waals surface area (Å²) in [4.78, 5) is 25.2. The van der Waals surface area contributed by atoms with Gasteiger partial charge in [-0.2, -0.15) is 0 Å². The SMILES string of the molecule is COC(=O)C1Cc2cc([N+](=O)[O-])cnc2N1. The Hall–Kier alpha value is -2.18. The van der Waals surface area contributed by atoms with Crippen molar-refractivity contribution in [2.24, 2.45) is 0 Å². The van der Waals surface area contributed by atoms with Crippen molar-refractivity contribution in [1.29, 1.82) is 0 Å². The minimum absolute atomic E-state index is 0.0777. The van der Waals surface area contributed by atoms with Crippen LogP contribution in [0.4, 0.5) is 11.5 Å². The highest BCUT2D eigenvalue weighted by molar-refractivity contribution is 5.82. The Balaban J connectivity index is 2.24. The van der Waals surface area contributed by atoms with Gasteiger partial charge in [-0.15, -0.1) is 0 Å². The number of esters is 1. The summed E-state index contributed by atoms with van der Waals surface area (Å²) < 4.78 is 4.58. The van der Waals surface area contributed by atoms with E-state index >= 15 is 0 Å². The van der Waals surface area contributed by atoms with Crippen LogP contribution < -0.4 is 5.32 Å². The Bertz CT molecular complexity index is 460. The number of methoxy groups -OCH3 is 1. The van der Waals surface area contributed by atoms with E-state index < -0.39 is 16.9 Å². The standard InChI is InChI=1S/C9H9N3O4/c1-16-9(13)7-3-5-2-6(12(14)15)4-10-8(5)11-7/h2,4,7H,3H2,1H3,(H,10,11).